The summed E-state index contributed by atoms with van der Waals surface area (Å²) in [5.41, 5.74) is 0. The smallest absolute Gasteiger partial charge is 0.129 e. The van der Waals surface area contributed by atoms with Crippen LogP contribution in [0.2, 0.25) is 0 Å². The minimum atomic E-state index is 0.451. The highest BCUT2D eigenvalue weighted by Gasteiger charge is 1.89. The lowest BCUT2D eigenvalue weighted by molar-refractivity contribution is 0.203. The average molecular weight is 111 g/mol. The normalized spacial score (nSPS) is 9.62. The van der Waals surface area contributed by atoms with Crippen molar-refractivity contribution in [3.05, 3.63) is 31.3 Å². The van der Waals surface area contributed by atoms with Crippen molar-refractivity contribution in [2.24, 2.45) is 0 Å². The summed E-state index contributed by atoms with van der Waals surface area (Å²) in [6.45, 7) is 0.451. The zero-order valence-corrected chi connectivity index (χ0v) is 4.46. The van der Waals surface area contributed by atoms with Crippen molar-refractivity contribution in [2.45, 2.75) is 6.61 Å². The quantitative estimate of drug-likeness (QED) is 0.578. The highest BCUT2D eigenvalue weighted by molar-refractivity contribution is 4.95. The van der Waals surface area contributed by atoms with Gasteiger partial charge in [-0.3, -0.25) is 0 Å². The third-order valence-electron chi connectivity index (χ3n) is 0.824. The fourth-order valence-electron chi connectivity index (χ4n) is 0.495. The van der Waals surface area contributed by atoms with Crippen molar-refractivity contribution in [1.82, 2.24) is 0 Å². The number of hydrogen-bond acceptors (Lipinski definition) is 2. The van der Waals surface area contributed by atoms with E-state index in [9.17, 15) is 0 Å². The van der Waals surface area contributed by atoms with Gasteiger partial charge in [-0.15, -0.1) is 0 Å². The average Bonchev–Trinajstić information content (AvgIpc) is 2.19. The molecule has 1 aromatic heterocycles. The number of ether oxygens (including phenoxy) is 1. The number of furan rings is 1. The van der Waals surface area contributed by atoms with Crippen molar-refractivity contribution in [1.29, 1.82) is 0 Å². The highest BCUT2D eigenvalue weighted by atomic mass is 16.5. The lowest BCUT2D eigenvalue weighted by atomic mass is 10.5. The van der Waals surface area contributed by atoms with Crippen LogP contribution in [0.25, 0.3) is 0 Å². The van der Waals surface area contributed by atoms with Gasteiger partial charge in [-0.05, 0) is 12.1 Å². The third-order valence-corrected chi connectivity index (χ3v) is 0.824. The molecule has 0 N–H and O–H groups in total. The van der Waals surface area contributed by atoms with Crippen molar-refractivity contribution in [3.8, 4) is 0 Å². The van der Waals surface area contributed by atoms with Crippen LogP contribution in [-0.4, -0.2) is 0 Å². The van der Waals surface area contributed by atoms with Gasteiger partial charge in [0.2, 0.25) is 0 Å². The monoisotopic (exact) mass is 111 g/mol. The van der Waals surface area contributed by atoms with E-state index < -0.39 is 0 Å². The maximum atomic E-state index is 4.91. The first-order valence-corrected chi connectivity index (χ1v) is 2.33. The summed E-state index contributed by atoms with van der Waals surface area (Å²) in [7, 11) is 3.20. The van der Waals surface area contributed by atoms with E-state index in [4.69, 9.17) is 4.42 Å². The van der Waals surface area contributed by atoms with Crippen LogP contribution in [0.3, 0.4) is 0 Å². The van der Waals surface area contributed by atoms with E-state index in [0.717, 1.165) is 5.76 Å². The molecule has 0 aliphatic carbocycles. The molecule has 1 radical (unpaired) electrons. The molecule has 0 amide bonds. The molecule has 0 aromatic carbocycles. The molecule has 2 heteroatoms. The van der Waals surface area contributed by atoms with Crippen LogP contribution in [0.15, 0.2) is 22.8 Å². The van der Waals surface area contributed by atoms with E-state index in [-0.39, 0.29) is 0 Å². The molecular formula is C6H7O2. The van der Waals surface area contributed by atoms with Gasteiger partial charge >= 0.3 is 0 Å². The van der Waals surface area contributed by atoms with Crippen molar-refractivity contribution < 1.29 is 9.15 Å². The molecule has 0 bridgehead atoms. The van der Waals surface area contributed by atoms with E-state index >= 15 is 0 Å². The molecule has 0 saturated heterocycles. The van der Waals surface area contributed by atoms with Crippen LogP contribution >= 0.6 is 0 Å². The van der Waals surface area contributed by atoms with E-state index in [2.05, 4.69) is 11.8 Å². The topological polar surface area (TPSA) is 22.4 Å². The Morgan fingerprint density at radius 2 is 2.62 bits per heavy atom. The van der Waals surface area contributed by atoms with Crippen molar-refractivity contribution >= 4 is 0 Å². The fourth-order valence-corrected chi connectivity index (χ4v) is 0.495. The van der Waals surface area contributed by atoms with Crippen LogP contribution in [0.5, 0.6) is 0 Å². The van der Waals surface area contributed by atoms with E-state index in [1.807, 2.05) is 12.1 Å². The predicted molar refractivity (Wildman–Crippen MR) is 28.9 cm³/mol. The third kappa shape index (κ3) is 1.10. The van der Waals surface area contributed by atoms with Gasteiger partial charge in [-0.25, -0.2) is 0 Å². The predicted octanol–water partition coefficient (Wildman–Crippen LogP) is 1.59. The second-order valence-corrected chi connectivity index (χ2v) is 1.43. The zero-order valence-electron chi connectivity index (χ0n) is 4.46. The maximum absolute atomic E-state index is 4.91. The first-order chi connectivity index (χ1) is 3.93. The Morgan fingerprint density at radius 1 is 1.75 bits per heavy atom. The summed E-state index contributed by atoms with van der Waals surface area (Å²) in [5.74, 6) is 0.806. The fraction of sp³-hybridized carbons (Fsp3) is 0.167. The zero-order chi connectivity index (χ0) is 5.82. The van der Waals surface area contributed by atoms with Crippen LogP contribution in [-0.2, 0) is 11.3 Å². The minimum absolute atomic E-state index is 0.451. The molecule has 0 spiro atoms. The first kappa shape index (κ1) is 5.38. The summed E-state index contributed by atoms with van der Waals surface area (Å²) in [6.07, 6.45) is 1.61. The van der Waals surface area contributed by atoms with E-state index in [1.54, 1.807) is 6.26 Å². The van der Waals surface area contributed by atoms with E-state index in [1.165, 1.54) is 0 Å². The highest BCUT2D eigenvalue weighted by Crippen LogP contribution is 1.99. The van der Waals surface area contributed by atoms with Gasteiger partial charge in [-0.1, -0.05) is 0 Å². The summed E-state index contributed by atoms with van der Waals surface area (Å²) >= 11 is 0. The lowest BCUT2D eigenvalue weighted by Crippen LogP contribution is -1.78. The SMILES string of the molecule is [CH2]OCc1ccco1. The van der Waals surface area contributed by atoms with Crippen LogP contribution < -0.4 is 0 Å². The second kappa shape index (κ2) is 2.52. The van der Waals surface area contributed by atoms with Gasteiger partial charge < -0.3 is 9.15 Å². The van der Waals surface area contributed by atoms with Gasteiger partial charge in [0.1, 0.15) is 12.4 Å². The molecule has 0 aliphatic heterocycles. The largest absolute Gasteiger partial charge is 0.467 e. The van der Waals surface area contributed by atoms with Gasteiger partial charge in [0.15, 0.2) is 0 Å². The summed E-state index contributed by atoms with van der Waals surface area (Å²) in [5, 5.41) is 0. The molecule has 8 heavy (non-hydrogen) atoms. The molecule has 0 saturated carbocycles. The molecule has 1 rings (SSSR count). The van der Waals surface area contributed by atoms with E-state index in [0.29, 0.717) is 6.61 Å². The molecule has 0 atom stereocenters. The van der Waals surface area contributed by atoms with Crippen LogP contribution in [0.4, 0.5) is 0 Å². The molecule has 0 fully saturated rings. The summed E-state index contributed by atoms with van der Waals surface area (Å²) in [4.78, 5) is 0. The Morgan fingerprint density at radius 3 is 3.12 bits per heavy atom. The van der Waals surface area contributed by atoms with Crippen LogP contribution in [0, 0.1) is 7.11 Å². The van der Waals surface area contributed by atoms with Gasteiger partial charge in [0.25, 0.3) is 0 Å². The molecule has 0 aliphatic rings. The Kier molecular flexibility index (Phi) is 1.70. The Balaban J connectivity index is 2.50. The lowest BCUT2D eigenvalue weighted by Gasteiger charge is -1.88. The summed E-state index contributed by atoms with van der Waals surface area (Å²) < 4.78 is 9.45. The standard InChI is InChI=1S/C6H7O2/c1-7-5-6-3-2-4-8-6/h2-4H,1,5H2. The first-order valence-electron chi connectivity index (χ1n) is 2.33. The molecule has 1 aromatic rings. The molecule has 0 unspecified atom stereocenters. The number of hydrogen-bond donors (Lipinski definition) is 0. The molecule has 2 nitrogen and oxygen atoms in total. The van der Waals surface area contributed by atoms with Gasteiger partial charge in [0, 0.05) is 0 Å². The maximum Gasteiger partial charge on any atom is 0.129 e. The van der Waals surface area contributed by atoms with Crippen LogP contribution in [0.1, 0.15) is 5.76 Å². The van der Waals surface area contributed by atoms with Crippen molar-refractivity contribution in [3.63, 3.8) is 0 Å². The Hall–Kier alpha value is -0.760. The second-order valence-electron chi connectivity index (χ2n) is 1.43. The Bertz CT molecular complexity index is 132. The summed E-state index contributed by atoms with van der Waals surface area (Å²) in [6, 6.07) is 3.65. The Labute approximate surface area is 48.1 Å². The molecular weight excluding hydrogens is 104 g/mol. The number of rotatable bonds is 2. The van der Waals surface area contributed by atoms with Gasteiger partial charge in [-0.2, -0.15) is 0 Å². The molecule has 1 heterocycles. The minimum Gasteiger partial charge on any atom is -0.467 e. The van der Waals surface area contributed by atoms with Crippen molar-refractivity contribution in [2.75, 3.05) is 0 Å². The molecule has 43 valence electrons. The van der Waals surface area contributed by atoms with Gasteiger partial charge in [0.05, 0.1) is 13.4 Å².